The minimum Gasteiger partial charge on any atom is -0.472 e. The van der Waals surface area contributed by atoms with Crippen LogP contribution in [0.15, 0.2) is 12.4 Å². The van der Waals surface area contributed by atoms with E-state index in [0.29, 0.717) is 24.7 Å². The maximum absolute atomic E-state index is 11.5. The average molecular weight is 266 g/mol. The molecule has 1 amide bonds. The van der Waals surface area contributed by atoms with E-state index in [0.717, 1.165) is 0 Å². The number of hydrogen-bond acceptors (Lipinski definition) is 5. The first-order valence-electron chi connectivity index (χ1n) is 6.50. The fourth-order valence-electron chi connectivity index (χ4n) is 1.44. The van der Waals surface area contributed by atoms with Crippen LogP contribution in [0.1, 0.15) is 34.1 Å². The smallest absolute Gasteiger partial charge is 0.257 e. The summed E-state index contributed by atoms with van der Waals surface area (Å²) in [6.45, 7) is 8.21. The van der Waals surface area contributed by atoms with Crippen molar-refractivity contribution in [2.24, 2.45) is 0 Å². The van der Waals surface area contributed by atoms with E-state index >= 15 is 0 Å². The van der Waals surface area contributed by atoms with Crippen molar-refractivity contribution < 1.29 is 9.53 Å². The van der Waals surface area contributed by atoms with Gasteiger partial charge in [0, 0.05) is 31.4 Å². The van der Waals surface area contributed by atoms with E-state index < -0.39 is 0 Å². The van der Waals surface area contributed by atoms with Gasteiger partial charge in [-0.1, -0.05) is 0 Å². The molecule has 0 saturated carbocycles. The van der Waals surface area contributed by atoms with Crippen molar-refractivity contribution in [3.63, 3.8) is 0 Å². The van der Waals surface area contributed by atoms with Gasteiger partial charge in [0.25, 0.3) is 5.88 Å². The van der Waals surface area contributed by atoms with E-state index in [4.69, 9.17) is 4.74 Å². The lowest BCUT2D eigenvalue weighted by atomic mass is 10.3. The lowest BCUT2D eigenvalue weighted by molar-refractivity contribution is -0.121. The zero-order valence-electron chi connectivity index (χ0n) is 11.9. The molecule has 0 aromatic carbocycles. The number of amides is 1. The van der Waals surface area contributed by atoms with Crippen molar-refractivity contribution in [3.8, 4) is 5.88 Å². The number of aromatic nitrogens is 2. The maximum Gasteiger partial charge on any atom is 0.257 e. The van der Waals surface area contributed by atoms with E-state index in [1.165, 1.54) is 0 Å². The lowest BCUT2D eigenvalue weighted by Gasteiger charge is -2.13. The molecule has 0 saturated heterocycles. The molecule has 1 aromatic rings. The number of carbonyl (C=O) groups is 1. The van der Waals surface area contributed by atoms with Gasteiger partial charge in [0.2, 0.25) is 5.91 Å². The molecule has 19 heavy (non-hydrogen) atoms. The van der Waals surface area contributed by atoms with Crippen LogP contribution in [0.3, 0.4) is 0 Å². The molecule has 0 aliphatic carbocycles. The summed E-state index contributed by atoms with van der Waals surface area (Å²) in [7, 11) is 0. The quantitative estimate of drug-likeness (QED) is 0.783. The van der Waals surface area contributed by atoms with Crippen LogP contribution in [0.25, 0.3) is 0 Å². The minimum absolute atomic E-state index is 0.0118. The average Bonchev–Trinajstić information content (AvgIpc) is 2.29. The van der Waals surface area contributed by atoms with Crippen LogP contribution in [0, 0.1) is 0 Å². The largest absolute Gasteiger partial charge is 0.472 e. The predicted molar refractivity (Wildman–Crippen MR) is 74.2 cm³/mol. The van der Waals surface area contributed by atoms with Crippen molar-refractivity contribution in [1.82, 2.24) is 15.3 Å². The molecular formula is C13H22N4O2. The Labute approximate surface area is 114 Å². The summed E-state index contributed by atoms with van der Waals surface area (Å²) < 4.78 is 5.53. The second-order valence-corrected chi connectivity index (χ2v) is 4.78. The highest BCUT2D eigenvalue weighted by molar-refractivity contribution is 5.76. The van der Waals surface area contributed by atoms with Crippen LogP contribution in [-0.4, -0.2) is 34.6 Å². The van der Waals surface area contributed by atoms with Gasteiger partial charge in [-0.3, -0.25) is 4.79 Å². The summed E-state index contributed by atoms with van der Waals surface area (Å²) in [4.78, 5) is 19.8. The molecule has 106 valence electrons. The van der Waals surface area contributed by atoms with Gasteiger partial charge >= 0.3 is 0 Å². The van der Waals surface area contributed by atoms with Gasteiger partial charge in [0.05, 0.1) is 6.10 Å². The van der Waals surface area contributed by atoms with E-state index in [-0.39, 0.29) is 18.1 Å². The van der Waals surface area contributed by atoms with Crippen LogP contribution in [-0.2, 0) is 4.79 Å². The number of rotatable bonds is 7. The summed E-state index contributed by atoms with van der Waals surface area (Å²) in [6.07, 6.45) is 3.58. The van der Waals surface area contributed by atoms with Gasteiger partial charge in [0.1, 0.15) is 0 Å². The fraction of sp³-hybridized carbons (Fsp3) is 0.615. The van der Waals surface area contributed by atoms with E-state index in [2.05, 4.69) is 20.6 Å². The SMILES string of the molecule is CC(C)NC(=O)CCNc1nccnc1OC(C)C. The number of anilines is 1. The molecule has 0 atom stereocenters. The van der Waals surface area contributed by atoms with Crippen LogP contribution in [0.4, 0.5) is 5.82 Å². The summed E-state index contributed by atoms with van der Waals surface area (Å²) in [5.74, 6) is 1.04. The first kappa shape index (κ1) is 15.2. The van der Waals surface area contributed by atoms with Crippen LogP contribution in [0.2, 0.25) is 0 Å². The molecule has 1 rings (SSSR count). The first-order valence-corrected chi connectivity index (χ1v) is 6.50. The van der Waals surface area contributed by atoms with Crippen LogP contribution >= 0.6 is 0 Å². The second kappa shape index (κ2) is 7.56. The van der Waals surface area contributed by atoms with Gasteiger partial charge in [-0.25, -0.2) is 9.97 Å². The summed E-state index contributed by atoms with van der Waals surface area (Å²) in [6, 6.07) is 0.156. The summed E-state index contributed by atoms with van der Waals surface area (Å²) in [5, 5.41) is 5.89. The van der Waals surface area contributed by atoms with Gasteiger partial charge < -0.3 is 15.4 Å². The molecule has 0 bridgehead atoms. The molecule has 0 spiro atoms. The third-order valence-corrected chi connectivity index (χ3v) is 2.11. The van der Waals surface area contributed by atoms with E-state index in [1.54, 1.807) is 12.4 Å². The molecule has 6 heteroatoms. The molecule has 0 aliphatic heterocycles. The monoisotopic (exact) mass is 266 g/mol. The van der Waals surface area contributed by atoms with Crippen molar-refractivity contribution in [2.75, 3.05) is 11.9 Å². The Hall–Kier alpha value is -1.85. The second-order valence-electron chi connectivity index (χ2n) is 4.78. The molecular weight excluding hydrogens is 244 g/mol. The molecule has 6 nitrogen and oxygen atoms in total. The normalized spacial score (nSPS) is 10.6. The van der Waals surface area contributed by atoms with E-state index in [1.807, 2.05) is 27.7 Å². The maximum atomic E-state index is 11.5. The van der Waals surface area contributed by atoms with Gasteiger partial charge in [0.15, 0.2) is 5.82 Å². The number of hydrogen-bond donors (Lipinski definition) is 2. The van der Waals surface area contributed by atoms with Crippen molar-refractivity contribution in [3.05, 3.63) is 12.4 Å². The van der Waals surface area contributed by atoms with Gasteiger partial charge in [-0.05, 0) is 27.7 Å². The molecule has 1 aromatic heterocycles. The summed E-state index contributed by atoms with van der Waals surface area (Å²) in [5.41, 5.74) is 0. The highest BCUT2D eigenvalue weighted by atomic mass is 16.5. The third kappa shape index (κ3) is 6.03. The topological polar surface area (TPSA) is 76.1 Å². The Bertz CT molecular complexity index is 407. The van der Waals surface area contributed by atoms with E-state index in [9.17, 15) is 4.79 Å². The minimum atomic E-state index is 0.0118. The Balaban J connectivity index is 2.46. The Morgan fingerprint density at radius 1 is 1.26 bits per heavy atom. The van der Waals surface area contributed by atoms with Crippen molar-refractivity contribution in [2.45, 2.75) is 46.3 Å². The summed E-state index contributed by atoms with van der Waals surface area (Å²) >= 11 is 0. The van der Waals surface area contributed by atoms with Gasteiger partial charge in [-0.15, -0.1) is 0 Å². The molecule has 0 aliphatic rings. The molecule has 0 unspecified atom stereocenters. The molecule has 2 N–H and O–H groups in total. The predicted octanol–water partition coefficient (Wildman–Crippen LogP) is 1.59. The highest BCUT2D eigenvalue weighted by Gasteiger charge is 2.09. The number of ether oxygens (including phenoxy) is 1. The van der Waals surface area contributed by atoms with Crippen LogP contribution in [0.5, 0.6) is 5.88 Å². The molecule has 1 heterocycles. The zero-order valence-corrected chi connectivity index (χ0v) is 11.9. The zero-order chi connectivity index (χ0) is 14.3. The van der Waals surface area contributed by atoms with Crippen molar-refractivity contribution in [1.29, 1.82) is 0 Å². The highest BCUT2D eigenvalue weighted by Crippen LogP contribution is 2.18. The van der Waals surface area contributed by atoms with Crippen molar-refractivity contribution >= 4 is 11.7 Å². The molecule has 0 fully saturated rings. The standard InChI is InChI=1S/C13H22N4O2/c1-9(2)17-11(18)5-6-14-12-13(19-10(3)4)16-8-7-15-12/h7-10H,5-6H2,1-4H3,(H,14,15)(H,17,18). The number of nitrogens with one attached hydrogen (secondary N) is 2. The Morgan fingerprint density at radius 3 is 2.58 bits per heavy atom. The lowest BCUT2D eigenvalue weighted by Crippen LogP contribution is -2.31. The third-order valence-electron chi connectivity index (χ3n) is 2.11. The Morgan fingerprint density at radius 2 is 1.95 bits per heavy atom. The Kier molecular flexibility index (Phi) is 6.05. The van der Waals surface area contributed by atoms with Crippen LogP contribution < -0.4 is 15.4 Å². The first-order chi connectivity index (χ1) is 8.99. The fourth-order valence-corrected chi connectivity index (χ4v) is 1.44. The number of nitrogens with zero attached hydrogens (tertiary/aromatic N) is 2. The molecule has 0 radical (unpaired) electrons. The van der Waals surface area contributed by atoms with Gasteiger partial charge in [-0.2, -0.15) is 0 Å². The number of carbonyl (C=O) groups excluding carboxylic acids is 1.